The fraction of sp³-hybridized carbons (Fsp3) is 0.545. The Morgan fingerprint density at radius 2 is 1.65 bits per heavy atom. The first kappa shape index (κ1) is 20.7. The van der Waals surface area contributed by atoms with Gasteiger partial charge in [0.05, 0.1) is 0 Å². The summed E-state index contributed by atoms with van der Waals surface area (Å²) in [7, 11) is 0. The lowest BCUT2D eigenvalue weighted by atomic mass is 10.2. The van der Waals surface area contributed by atoms with Gasteiger partial charge in [-0.25, -0.2) is 0 Å². The molecular weight excluding hydrogens is 286 g/mol. The number of carbonyl (C=O) groups excluding carboxylic acids is 1. The first-order valence-corrected chi connectivity index (χ1v) is 6.81. The molecule has 116 valence electrons. The molecule has 1 amide bonds. The first-order chi connectivity index (χ1) is 9.22. The van der Waals surface area contributed by atoms with E-state index < -0.39 is 29.9 Å². The van der Waals surface area contributed by atoms with Gasteiger partial charge in [-0.3, -0.25) is 14.4 Å². The van der Waals surface area contributed by atoms with Gasteiger partial charge in [-0.2, -0.15) is 11.8 Å². The van der Waals surface area contributed by atoms with E-state index in [0.29, 0.717) is 5.75 Å². The van der Waals surface area contributed by atoms with E-state index in [2.05, 4.69) is 6.58 Å². The van der Waals surface area contributed by atoms with Gasteiger partial charge in [0.2, 0.25) is 5.91 Å². The molecule has 0 spiro atoms. The van der Waals surface area contributed by atoms with Crippen molar-refractivity contribution in [3.05, 3.63) is 12.7 Å². The first-order valence-electron chi connectivity index (χ1n) is 5.66. The number of hydrogen-bond acceptors (Lipinski definition) is 6. The molecule has 8 N–H and O–H groups in total. The van der Waals surface area contributed by atoms with Crippen molar-refractivity contribution in [2.24, 2.45) is 17.2 Å². The van der Waals surface area contributed by atoms with Crippen LogP contribution >= 0.6 is 11.8 Å². The molecule has 0 heterocycles. The molecule has 8 nitrogen and oxygen atoms in total. The van der Waals surface area contributed by atoms with Gasteiger partial charge in [0.25, 0.3) is 0 Å². The molecule has 0 aromatic rings. The monoisotopic (exact) mass is 307 g/mol. The Labute approximate surface area is 121 Å². The van der Waals surface area contributed by atoms with E-state index in [-0.39, 0.29) is 12.8 Å². The molecule has 0 aromatic heterocycles. The number of hydrogen-bond donors (Lipinski definition) is 5. The lowest BCUT2D eigenvalue weighted by Gasteiger charge is -2.02. The molecule has 0 radical (unpaired) electrons. The molecular formula is C11H21N3O5S. The number of primary amides is 1. The van der Waals surface area contributed by atoms with Crippen molar-refractivity contribution in [3.8, 4) is 0 Å². The molecule has 20 heavy (non-hydrogen) atoms. The maximum absolute atomic E-state index is 10.1. The second-order valence-corrected chi connectivity index (χ2v) is 4.80. The van der Waals surface area contributed by atoms with E-state index in [0.717, 1.165) is 5.75 Å². The van der Waals surface area contributed by atoms with Gasteiger partial charge in [-0.1, -0.05) is 6.08 Å². The van der Waals surface area contributed by atoms with Crippen LogP contribution < -0.4 is 17.2 Å². The summed E-state index contributed by atoms with van der Waals surface area (Å²) in [6.45, 7) is 3.49. The van der Waals surface area contributed by atoms with Crippen LogP contribution in [0.3, 0.4) is 0 Å². The molecule has 2 atom stereocenters. The highest BCUT2D eigenvalue weighted by molar-refractivity contribution is 7.99. The van der Waals surface area contributed by atoms with Crippen molar-refractivity contribution >= 4 is 29.6 Å². The van der Waals surface area contributed by atoms with Crippen LogP contribution in [0.15, 0.2) is 12.7 Å². The number of aliphatic carboxylic acids is 2. The Kier molecular flexibility index (Phi) is 12.9. The minimum atomic E-state index is -1.11. The second-order valence-electron chi connectivity index (χ2n) is 3.72. The highest BCUT2D eigenvalue weighted by Crippen LogP contribution is 2.00. The zero-order chi connectivity index (χ0) is 16.1. The van der Waals surface area contributed by atoms with Crippen LogP contribution in [0, 0.1) is 0 Å². The summed E-state index contributed by atoms with van der Waals surface area (Å²) in [4.78, 5) is 30.3. The number of amides is 1. The van der Waals surface area contributed by atoms with Crippen LogP contribution in [-0.2, 0) is 14.4 Å². The molecule has 0 aliphatic carbocycles. The minimum Gasteiger partial charge on any atom is -0.480 e. The maximum Gasteiger partial charge on any atom is 0.321 e. The van der Waals surface area contributed by atoms with E-state index in [1.165, 1.54) is 11.8 Å². The van der Waals surface area contributed by atoms with Crippen LogP contribution in [0.4, 0.5) is 0 Å². The fourth-order valence-electron chi connectivity index (χ4n) is 0.771. The smallest absolute Gasteiger partial charge is 0.321 e. The molecule has 0 rings (SSSR count). The van der Waals surface area contributed by atoms with Gasteiger partial charge in [0.15, 0.2) is 0 Å². The van der Waals surface area contributed by atoms with Crippen LogP contribution in [0.1, 0.15) is 12.8 Å². The third kappa shape index (κ3) is 14.5. The fourth-order valence-corrected chi connectivity index (χ4v) is 1.47. The van der Waals surface area contributed by atoms with Crippen LogP contribution in [0.25, 0.3) is 0 Å². The van der Waals surface area contributed by atoms with Gasteiger partial charge >= 0.3 is 11.9 Å². The van der Waals surface area contributed by atoms with Gasteiger partial charge in [0, 0.05) is 17.9 Å². The Bertz CT molecular complexity index is 338. The standard InChI is InChI=1S/C6H11NO2S.C5H10N2O3/c1-2-3-10-4-5(7)6(8)9;6-3(5(9)10)1-2-4(7)8/h2,5H,1,3-4,7H2,(H,8,9);3H,1-2,6H2,(H2,7,8)(H,9,10). The summed E-state index contributed by atoms with van der Waals surface area (Å²) < 4.78 is 0. The largest absolute Gasteiger partial charge is 0.480 e. The summed E-state index contributed by atoms with van der Waals surface area (Å²) in [6, 6.07) is -1.72. The van der Waals surface area contributed by atoms with Gasteiger partial charge in [0.1, 0.15) is 12.1 Å². The zero-order valence-electron chi connectivity index (χ0n) is 11.0. The van der Waals surface area contributed by atoms with Crippen molar-refractivity contribution in [3.63, 3.8) is 0 Å². The molecule has 0 saturated carbocycles. The van der Waals surface area contributed by atoms with E-state index in [9.17, 15) is 14.4 Å². The normalized spacial score (nSPS) is 12.5. The molecule has 0 aliphatic heterocycles. The topological polar surface area (TPSA) is 170 Å². The van der Waals surface area contributed by atoms with Crippen molar-refractivity contribution in [1.29, 1.82) is 0 Å². The lowest BCUT2D eigenvalue weighted by molar-refractivity contribution is -0.139. The number of rotatable bonds is 9. The molecule has 0 fully saturated rings. The Hall–Kier alpha value is -1.58. The number of nitrogens with two attached hydrogens (primary N) is 3. The molecule has 9 heteroatoms. The van der Waals surface area contributed by atoms with Gasteiger partial charge in [-0.15, -0.1) is 6.58 Å². The average molecular weight is 307 g/mol. The maximum atomic E-state index is 10.1. The summed E-state index contributed by atoms with van der Waals surface area (Å²) in [5.74, 6) is -1.39. The van der Waals surface area contributed by atoms with Crippen molar-refractivity contribution < 1.29 is 24.6 Å². The van der Waals surface area contributed by atoms with E-state index in [4.69, 9.17) is 27.4 Å². The highest BCUT2D eigenvalue weighted by Gasteiger charge is 2.11. The number of carbonyl (C=O) groups is 3. The summed E-state index contributed by atoms with van der Waals surface area (Å²) in [6.07, 6.45) is 1.84. The SMILES string of the molecule is C=CCSCC(N)C(=O)O.NC(=O)CCC(N)C(=O)O. The number of carboxylic acids is 2. The van der Waals surface area contributed by atoms with Crippen LogP contribution in [0.2, 0.25) is 0 Å². The predicted octanol–water partition coefficient (Wildman–Crippen LogP) is -1.02. The number of carboxylic acid groups (broad SMARTS) is 2. The average Bonchev–Trinajstić information content (AvgIpc) is 2.36. The van der Waals surface area contributed by atoms with Crippen molar-refractivity contribution in [1.82, 2.24) is 0 Å². The van der Waals surface area contributed by atoms with E-state index in [1.807, 2.05) is 0 Å². The Morgan fingerprint density at radius 3 is 2.00 bits per heavy atom. The molecule has 0 aromatic carbocycles. The Morgan fingerprint density at radius 1 is 1.15 bits per heavy atom. The third-order valence-electron chi connectivity index (χ3n) is 1.87. The molecule has 0 aliphatic rings. The second kappa shape index (κ2) is 12.5. The quantitative estimate of drug-likeness (QED) is 0.266. The predicted molar refractivity (Wildman–Crippen MR) is 77.2 cm³/mol. The van der Waals surface area contributed by atoms with Crippen molar-refractivity contribution in [2.75, 3.05) is 11.5 Å². The summed E-state index contributed by atoms with van der Waals surface area (Å²) in [5.41, 5.74) is 15.0. The zero-order valence-corrected chi connectivity index (χ0v) is 11.8. The van der Waals surface area contributed by atoms with Gasteiger partial charge < -0.3 is 27.4 Å². The highest BCUT2D eigenvalue weighted by atomic mass is 32.2. The minimum absolute atomic E-state index is 0.0213. The van der Waals surface area contributed by atoms with Crippen molar-refractivity contribution in [2.45, 2.75) is 24.9 Å². The summed E-state index contributed by atoms with van der Waals surface area (Å²) in [5, 5.41) is 16.5. The van der Waals surface area contributed by atoms with Gasteiger partial charge in [-0.05, 0) is 6.42 Å². The van der Waals surface area contributed by atoms with Crippen LogP contribution in [-0.4, -0.2) is 51.6 Å². The molecule has 2 unspecified atom stereocenters. The molecule has 0 saturated heterocycles. The van der Waals surface area contributed by atoms with E-state index >= 15 is 0 Å². The van der Waals surface area contributed by atoms with E-state index in [1.54, 1.807) is 6.08 Å². The third-order valence-corrected chi connectivity index (χ3v) is 2.94. The Balaban J connectivity index is 0. The number of thioether (sulfide) groups is 1. The van der Waals surface area contributed by atoms with Crippen LogP contribution in [0.5, 0.6) is 0 Å². The summed E-state index contributed by atoms with van der Waals surface area (Å²) >= 11 is 1.47. The lowest BCUT2D eigenvalue weighted by Crippen LogP contribution is -2.32. The molecule has 0 bridgehead atoms.